The third kappa shape index (κ3) is 2.70. The summed E-state index contributed by atoms with van der Waals surface area (Å²) in [6.07, 6.45) is 4.87. The Balaban J connectivity index is 2.81. The molecule has 3 heteroatoms. The lowest BCUT2D eigenvalue weighted by atomic mass is 10.2. The number of aryl methyl sites for hydroxylation is 1. The summed E-state index contributed by atoms with van der Waals surface area (Å²) in [5, 5.41) is 0. The molecule has 2 N–H and O–H groups in total. The Hall–Kier alpha value is -1.09. The second-order valence-corrected chi connectivity index (χ2v) is 3.44. The highest BCUT2D eigenvalue weighted by Gasteiger charge is 2.06. The number of nitrogens with zero attached hydrogens (tertiary/aromatic N) is 2. The standard InChI is InChI=1S/C11H19N3/c1-3-7-14(8-5-12)11-4-6-13-9-10(11)2/h4,6,9H,3,5,7-8,12H2,1-2H3. The maximum absolute atomic E-state index is 5.59. The molecule has 0 aliphatic carbocycles. The zero-order chi connectivity index (χ0) is 10.4. The Morgan fingerprint density at radius 1 is 1.43 bits per heavy atom. The van der Waals surface area contributed by atoms with Gasteiger partial charge in [0.15, 0.2) is 0 Å². The molecule has 0 radical (unpaired) electrons. The van der Waals surface area contributed by atoms with Crippen LogP contribution in [0.1, 0.15) is 18.9 Å². The molecule has 0 aromatic carbocycles. The van der Waals surface area contributed by atoms with Gasteiger partial charge >= 0.3 is 0 Å². The molecular weight excluding hydrogens is 174 g/mol. The van der Waals surface area contributed by atoms with Gasteiger partial charge in [-0.3, -0.25) is 4.98 Å². The summed E-state index contributed by atoms with van der Waals surface area (Å²) in [5.41, 5.74) is 8.06. The number of nitrogens with two attached hydrogens (primary N) is 1. The summed E-state index contributed by atoms with van der Waals surface area (Å²) in [6, 6.07) is 2.06. The first kappa shape index (κ1) is 11.0. The fraction of sp³-hybridized carbons (Fsp3) is 0.545. The molecule has 3 nitrogen and oxygen atoms in total. The van der Waals surface area contributed by atoms with Crippen molar-refractivity contribution in [2.45, 2.75) is 20.3 Å². The van der Waals surface area contributed by atoms with E-state index in [9.17, 15) is 0 Å². The molecular formula is C11H19N3. The first-order valence-electron chi connectivity index (χ1n) is 5.15. The lowest BCUT2D eigenvalue weighted by molar-refractivity contribution is 0.759. The predicted octanol–water partition coefficient (Wildman–Crippen LogP) is 1.57. The Morgan fingerprint density at radius 3 is 2.79 bits per heavy atom. The molecule has 1 aromatic rings. The van der Waals surface area contributed by atoms with Crippen LogP contribution in [0, 0.1) is 6.92 Å². The third-order valence-corrected chi connectivity index (χ3v) is 2.22. The van der Waals surface area contributed by atoms with Crippen molar-refractivity contribution in [3.63, 3.8) is 0 Å². The highest BCUT2D eigenvalue weighted by atomic mass is 15.1. The monoisotopic (exact) mass is 193 g/mol. The van der Waals surface area contributed by atoms with E-state index in [0.29, 0.717) is 6.54 Å². The average Bonchev–Trinajstić information content (AvgIpc) is 2.18. The van der Waals surface area contributed by atoms with Gasteiger partial charge in [0.1, 0.15) is 0 Å². The highest BCUT2D eigenvalue weighted by Crippen LogP contribution is 2.17. The molecule has 0 saturated carbocycles. The summed E-state index contributed by atoms with van der Waals surface area (Å²) < 4.78 is 0. The van der Waals surface area contributed by atoms with Crippen LogP contribution in [0.15, 0.2) is 18.5 Å². The largest absolute Gasteiger partial charge is 0.370 e. The van der Waals surface area contributed by atoms with Gasteiger partial charge in [-0.05, 0) is 25.0 Å². The van der Waals surface area contributed by atoms with Crippen molar-refractivity contribution in [2.24, 2.45) is 5.73 Å². The zero-order valence-electron chi connectivity index (χ0n) is 9.03. The van der Waals surface area contributed by atoms with E-state index in [1.807, 2.05) is 12.4 Å². The first-order chi connectivity index (χ1) is 6.79. The normalized spacial score (nSPS) is 10.2. The molecule has 0 aliphatic rings. The highest BCUT2D eigenvalue weighted by molar-refractivity contribution is 5.51. The van der Waals surface area contributed by atoms with Gasteiger partial charge in [-0.25, -0.2) is 0 Å². The number of aromatic nitrogens is 1. The second-order valence-electron chi connectivity index (χ2n) is 3.44. The predicted molar refractivity (Wildman–Crippen MR) is 60.5 cm³/mol. The van der Waals surface area contributed by atoms with Gasteiger partial charge < -0.3 is 10.6 Å². The van der Waals surface area contributed by atoms with Gasteiger partial charge in [0.2, 0.25) is 0 Å². The average molecular weight is 193 g/mol. The SMILES string of the molecule is CCCN(CCN)c1ccncc1C. The molecule has 0 amide bonds. The van der Waals surface area contributed by atoms with Gasteiger partial charge in [0.05, 0.1) is 0 Å². The molecule has 0 aliphatic heterocycles. The van der Waals surface area contributed by atoms with Crippen molar-refractivity contribution in [3.8, 4) is 0 Å². The van der Waals surface area contributed by atoms with Crippen LogP contribution < -0.4 is 10.6 Å². The minimum absolute atomic E-state index is 0.696. The van der Waals surface area contributed by atoms with E-state index in [0.717, 1.165) is 19.5 Å². The van der Waals surface area contributed by atoms with Gasteiger partial charge in [0.25, 0.3) is 0 Å². The van der Waals surface area contributed by atoms with E-state index in [-0.39, 0.29) is 0 Å². The van der Waals surface area contributed by atoms with Crippen molar-refractivity contribution < 1.29 is 0 Å². The number of hydrogen-bond donors (Lipinski definition) is 1. The Kier molecular flexibility index (Phi) is 4.40. The molecule has 0 bridgehead atoms. The molecule has 0 spiro atoms. The van der Waals surface area contributed by atoms with Crippen molar-refractivity contribution in [1.29, 1.82) is 0 Å². The van der Waals surface area contributed by atoms with E-state index in [1.165, 1.54) is 11.3 Å². The van der Waals surface area contributed by atoms with Crippen LogP contribution >= 0.6 is 0 Å². The quantitative estimate of drug-likeness (QED) is 0.771. The van der Waals surface area contributed by atoms with E-state index in [1.54, 1.807) is 0 Å². The third-order valence-electron chi connectivity index (χ3n) is 2.22. The smallest absolute Gasteiger partial charge is 0.0427 e. The van der Waals surface area contributed by atoms with Crippen molar-refractivity contribution in [3.05, 3.63) is 24.0 Å². The van der Waals surface area contributed by atoms with Gasteiger partial charge in [-0.1, -0.05) is 6.92 Å². The molecule has 1 heterocycles. The molecule has 0 unspecified atom stereocenters. The van der Waals surface area contributed by atoms with Crippen LogP contribution in [0.5, 0.6) is 0 Å². The topological polar surface area (TPSA) is 42.1 Å². The Bertz CT molecular complexity index is 267. The Labute approximate surface area is 85.9 Å². The molecule has 1 rings (SSSR count). The van der Waals surface area contributed by atoms with E-state index in [4.69, 9.17) is 5.73 Å². The molecule has 0 saturated heterocycles. The Morgan fingerprint density at radius 2 is 2.21 bits per heavy atom. The minimum atomic E-state index is 0.696. The van der Waals surface area contributed by atoms with Gasteiger partial charge in [-0.2, -0.15) is 0 Å². The zero-order valence-corrected chi connectivity index (χ0v) is 9.03. The number of pyridine rings is 1. The fourth-order valence-corrected chi connectivity index (χ4v) is 1.60. The van der Waals surface area contributed by atoms with Gasteiger partial charge in [0, 0.05) is 37.7 Å². The van der Waals surface area contributed by atoms with Crippen LogP contribution in [0.3, 0.4) is 0 Å². The number of rotatable bonds is 5. The molecule has 0 atom stereocenters. The summed E-state index contributed by atoms with van der Waals surface area (Å²) >= 11 is 0. The van der Waals surface area contributed by atoms with Gasteiger partial charge in [-0.15, -0.1) is 0 Å². The molecule has 0 fully saturated rings. The summed E-state index contributed by atoms with van der Waals surface area (Å²) in [4.78, 5) is 6.41. The lowest BCUT2D eigenvalue weighted by Crippen LogP contribution is -2.30. The second kappa shape index (κ2) is 5.60. The fourth-order valence-electron chi connectivity index (χ4n) is 1.60. The van der Waals surface area contributed by atoms with Crippen molar-refractivity contribution in [2.75, 3.05) is 24.5 Å². The van der Waals surface area contributed by atoms with Crippen LogP contribution in [0.25, 0.3) is 0 Å². The summed E-state index contributed by atoms with van der Waals surface area (Å²) in [6.45, 7) is 6.93. The maximum Gasteiger partial charge on any atom is 0.0427 e. The van der Waals surface area contributed by atoms with Crippen molar-refractivity contribution >= 4 is 5.69 Å². The van der Waals surface area contributed by atoms with E-state index < -0.39 is 0 Å². The van der Waals surface area contributed by atoms with E-state index >= 15 is 0 Å². The summed E-state index contributed by atoms with van der Waals surface area (Å²) in [5.74, 6) is 0. The molecule has 14 heavy (non-hydrogen) atoms. The number of anilines is 1. The van der Waals surface area contributed by atoms with Crippen LogP contribution in [-0.4, -0.2) is 24.6 Å². The van der Waals surface area contributed by atoms with E-state index in [2.05, 4.69) is 29.8 Å². The molecule has 1 aromatic heterocycles. The summed E-state index contributed by atoms with van der Waals surface area (Å²) in [7, 11) is 0. The minimum Gasteiger partial charge on any atom is -0.370 e. The maximum atomic E-state index is 5.59. The van der Waals surface area contributed by atoms with Crippen LogP contribution in [0.2, 0.25) is 0 Å². The number of hydrogen-bond acceptors (Lipinski definition) is 3. The van der Waals surface area contributed by atoms with Crippen molar-refractivity contribution in [1.82, 2.24) is 4.98 Å². The van der Waals surface area contributed by atoms with Crippen LogP contribution in [0.4, 0.5) is 5.69 Å². The first-order valence-corrected chi connectivity index (χ1v) is 5.15. The van der Waals surface area contributed by atoms with Crippen LogP contribution in [-0.2, 0) is 0 Å². The molecule has 78 valence electrons. The lowest BCUT2D eigenvalue weighted by Gasteiger charge is -2.24.